The average Bonchev–Trinajstić information content (AvgIpc) is 2.90. The van der Waals surface area contributed by atoms with Crippen molar-refractivity contribution in [3.05, 3.63) is 40.1 Å². The summed E-state index contributed by atoms with van der Waals surface area (Å²) in [4.78, 5) is 24.9. The smallest absolute Gasteiger partial charge is 0.244 e. The molecule has 4 nitrogen and oxygen atoms in total. The van der Waals surface area contributed by atoms with Crippen molar-refractivity contribution in [3.8, 4) is 0 Å². The molecule has 2 rings (SSSR count). The number of likely N-dealkylation sites (tertiary alicyclic amines) is 1. The first-order chi connectivity index (χ1) is 10.6. The van der Waals surface area contributed by atoms with E-state index in [9.17, 15) is 14.0 Å². The van der Waals surface area contributed by atoms with Gasteiger partial charge in [0.05, 0.1) is 0 Å². The summed E-state index contributed by atoms with van der Waals surface area (Å²) in [6.07, 6.45) is 5.03. The fraction of sp³-hybridized carbons (Fsp3) is 0.375. The van der Waals surface area contributed by atoms with Gasteiger partial charge in [-0.05, 0) is 37.1 Å². The van der Waals surface area contributed by atoms with Gasteiger partial charge in [-0.25, -0.2) is 4.39 Å². The number of halogens is 2. The summed E-state index contributed by atoms with van der Waals surface area (Å²) in [7, 11) is 0. The van der Waals surface area contributed by atoms with Gasteiger partial charge in [-0.1, -0.05) is 15.9 Å². The first kappa shape index (κ1) is 16.7. The van der Waals surface area contributed by atoms with Crippen LogP contribution in [0.1, 0.15) is 24.8 Å². The van der Waals surface area contributed by atoms with Crippen LogP contribution in [0.4, 0.5) is 4.39 Å². The largest absolute Gasteiger partial charge is 0.352 e. The lowest BCUT2D eigenvalue weighted by atomic mass is 10.2. The third-order valence-corrected chi connectivity index (χ3v) is 3.94. The Labute approximate surface area is 137 Å². The van der Waals surface area contributed by atoms with E-state index >= 15 is 0 Å². The van der Waals surface area contributed by atoms with Crippen molar-refractivity contribution < 1.29 is 14.0 Å². The van der Waals surface area contributed by atoms with Crippen molar-refractivity contribution in [2.24, 2.45) is 0 Å². The zero-order chi connectivity index (χ0) is 15.9. The maximum atomic E-state index is 13.5. The Morgan fingerprint density at radius 2 is 2.27 bits per heavy atom. The van der Waals surface area contributed by atoms with Gasteiger partial charge in [-0.2, -0.15) is 0 Å². The minimum absolute atomic E-state index is 0.191. The van der Waals surface area contributed by atoms with E-state index in [1.165, 1.54) is 18.2 Å². The third kappa shape index (κ3) is 4.94. The first-order valence-corrected chi connectivity index (χ1v) is 8.04. The molecule has 1 saturated heterocycles. The summed E-state index contributed by atoms with van der Waals surface area (Å²) in [6, 6.07) is 4.55. The molecule has 118 valence electrons. The Morgan fingerprint density at radius 1 is 1.45 bits per heavy atom. The van der Waals surface area contributed by atoms with Crippen LogP contribution in [0.15, 0.2) is 28.7 Å². The number of hydrogen-bond donors (Lipinski definition) is 1. The molecule has 2 amide bonds. The highest BCUT2D eigenvalue weighted by molar-refractivity contribution is 9.10. The Hall–Kier alpha value is -1.69. The lowest BCUT2D eigenvalue weighted by molar-refractivity contribution is -0.127. The van der Waals surface area contributed by atoms with E-state index in [2.05, 4.69) is 21.2 Å². The van der Waals surface area contributed by atoms with Crippen LogP contribution in [-0.2, 0) is 9.59 Å². The zero-order valence-corrected chi connectivity index (χ0v) is 13.7. The number of carbonyl (C=O) groups excluding carboxylic acids is 2. The molecule has 1 aliphatic heterocycles. The van der Waals surface area contributed by atoms with Crippen LogP contribution in [0.2, 0.25) is 0 Å². The highest BCUT2D eigenvalue weighted by Crippen LogP contribution is 2.16. The molecule has 0 atom stereocenters. The minimum atomic E-state index is -0.375. The Bertz CT molecular complexity index is 590. The van der Waals surface area contributed by atoms with Gasteiger partial charge in [-0.15, -0.1) is 0 Å². The van der Waals surface area contributed by atoms with E-state index in [-0.39, 0.29) is 17.6 Å². The molecule has 1 fully saturated rings. The first-order valence-electron chi connectivity index (χ1n) is 7.25. The average molecular weight is 369 g/mol. The fourth-order valence-corrected chi connectivity index (χ4v) is 2.67. The summed E-state index contributed by atoms with van der Waals surface area (Å²) in [5.41, 5.74) is 0.354. The molecule has 1 aliphatic rings. The van der Waals surface area contributed by atoms with Crippen molar-refractivity contribution in [1.29, 1.82) is 0 Å². The van der Waals surface area contributed by atoms with Crippen molar-refractivity contribution in [2.45, 2.75) is 19.3 Å². The van der Waals surface area contributed by atoms with Crippen molar-refractivity contribution in [3.63, 3.8) is 0 Å². The summed E-state index contributed by atoms with van der Waals surface area (Å²) in [6.45, 7) is 1.98. The predicted molar refractivity (Wildman–Crippen MR) is 86.6 cm³/mol. The third-order valence-electron chi connectivity index (χ3n) is 3.45. The summed E-state index contributed by atoms with van der Waals surface area (Å²) < 4.78 is 14.2. The van der Waals surface area contributed by atoms with Gasteiger partial charge < -0.3 is 10.2 Å². The second-order valence-electron chi connectivity index (χ2n) is 5.13. The zero-order valence-electron chi connectivity index (χ0n) is 12.1. The lowest BCUT2D eigenvalue weighted by Crippen LogP contribution is -2.29. The van der Waals surface area contributed by atoms with Crippen LogP contribution in [0.5, 0.6) is 0 Å². The number of rotatable bonds is 6. The van der Waals surface area contributed by atoms with Crippen LogP contribution < -0.4 is 5.32 Å². The summed E-state index contributed by atoms with van der Waals surface area (Å²) in [5.74, 6) is -0.455. The number of nitrogens with zero attached hydrogens (tertiary/aromatic N) is 1. The number of benzene rings is 1. The Balaban J connectivity index is 1.72. The maximum absolute atomic E-state index is 13.5. The molecule has 0 unspecified atom stereocenters. The molecule has 1 heterocycles. The molecule has 0 spiro atoms. The maximum Gasteiger partial charge on any atom is 0.244 e. The molecular weight excluding hydrogens is 351 g/mol. The molecule has 0 bridgehead atoms. The van der Waals surface area contributed by atoms with E-state index in [1.807, 2.05) is 4.90 Å². The normalized spacial score (nSPS) is 14.8. The SMILES string of the molecule is O=C(/C=C/c1cc(Br)ccc1F)NCCCN1CCCC1=O. The predicted octanol–water partition coefficient (Wildman–Crippen LogP) is 2.73. The summed E-state index contributed by atoms with van der Waals surface area (Å²) >= 11 is 3.26. The second kappa shape index (κ2) is 8.08. The van der Waals surface area contributed by atoms with E-state index in [0.29, 0.717) is 25.1 Å². The highest BCUT2D eigenvalue weighted by Gasteiger charge is 2.18. The number of carbonyl (C=O) groups is 2. The molecular formula is C16H18BrFN2O2. The van der Waals surface area contributed by atoms with E-state index in [1.54, 1.807) is 12.1 Å². The quantitative estimate of drug-likeness (QED) is 0.619. The van der Waals surface area contributed by atoms with Gasteiger partial charge in [0.1, 0.15) is 5.82 Å². The van der Waals surface area contributed by atoms with Gasteiger partial charge in [0.15, 0.2) is 0 Å². The van der Waals surface area contributed by atoms with Crippen molar-refractivity contribution in [1.82, 2.24) is 10.2 Å². The standard InChI is InChI=1S/C16H18BrFN2O2/c17-13-5-6-14(18)12(11-13)4-7-15(21)19-8-2-10-20-9-1-3-16(20)22/h4-7,11H,1-3,8-10H2,(H,19,21)/b7-4+. The van der Waals surface area contributed by atoms with Crippen molar-refractivity contribution >= 4 is 33.8 Å². The number of hydrogen-bond acceptors (Lipinski definition) is 2. The topological polar surface area (TPSA) is 49.4 Å². The van der Waals surface area contributed by atoms with Crippen LogP contribution >= 0.6 is 15.9 Å². The monoisotopic (exact) mass is 368 g/mol. The molecule has 1 aromatic rings. The number of amides is 2. The van der Waals surface area contributed by atoms with Crippen LogP contribution in [0.25, 0.3) is 6.08 Å². The fourth-order valence-electron chi connectivity index (χ4n) is 2.29. The summed E-state index contributed by atoms with van der Waals surface area (Å²) in [5, 5.41) is 2.73. The van der Waals surface area contributed by atoms with Crippen LogP contribution in [0.3, 0.4) is 0 Å². The second-order valence-corrected chi connectivity index (χ2v) is 6.04. The molecule has 0 aromatic heterocycles. The van der Waals surface area contributed by atoms with Gasteiger partial charge in [0.25, 0.3) is 0 Å². The molecule has 1 aromatic carbocycles. The lowest BCUT2D eigenvalue weighted by Gasteiger charge is -2.14. The molecule has 6 heteroatoms. The van der Waals surface area contributed by atoms with E-state index < -0.39 is 0 Å². The molecule has 0 radical (unpaired) electrons. The minimum Gasteiger partial charge on any atom is -0.352 e. The molecule has 0 saturated carbocycles. The number of nitrogens with one attached hydrogen (secondary N) is 1. The molecule has 1 N–H and O–H groups in total. The van der Waals surface area contributed by atoms with Crippen LogP contribution in [-0.4, -0.2) is 36.3 Å². The Morgan fingerprint density at radius 3 is 3.00 bits per heavy atom. The van der Waals surface area contributed by atoms with Gasteiger partial charge in [0.2, 0.25) is 11.8 Å². The van der Waals surface area contributed by atoms with E-state index in [0.717, 1.165) is 23.9 Å². The molecule has 0 aliphatic carbocycles. The molecule has 22 heavy (non-hydrogen) atoms. The van der Waals surface area contributed by atoms with Crippen molar-refractivity contribution in [2.75, 3.05) is 19.6 Å². The van der Waals surface area contributed by atoms with Gasteiger partial charge >= 0.3 is 0 Å². The highest BCUT2D eigenvalue weighted by atomic mass is 79.9. The van der Waals surface area contributed by atoms with Crippen LogP contribution in [0, 0.1) is 5.82 Å². The van der Waals surface area contributed by atoms with Gasteiger partial charge in [0, 0.05) is 42.2 Å². The van der Waals surface area contributed by atoms with Gasteiger partial charge in [-0.3, -0.25) is 9.59 Å². The van der Waals surface area contributed by atoms with E-state index in [4.69, 9.17) is 0 Å². The Kier molecular flexibility index (Phi) is 6.12.